The van der Waals surface area contributed by atoms with Crippen LogP contribution >= 0.6 is 0 Å². The van der Waals surface area contributed by atoms with Gasteiger partial charge < -0.3 is 38.5 Å². The summed E-state index contributed by atoms with van der Waals surface area (Å²) < 4.78 is 25.9. The zero-order chi connectivity index (χ0) is 18.6. The molecule has 1 unspecified atom stereocenters. The van der Waals surface area contributed by atoms with E-state index in [0.29, 0.717) is 0 Å². The van der Waals surface area contributed by atoms with Gasteiger partial charge in [-0.15, -0.1) is 0 Å². The molecule has 0 radical (unpaired) electrons. The van der Waals surface area contributed by atoms with Crippen LogP contribution in [0.3, 0.4) is 0 Å². The number of nitrogens with two attached hydrogens (primary N) is 1. The lowest BCUT2D eigenvalue weighted by atomic mass is 10.3. The van der Waals surface area contributed by atoms with E-state index in [2.05, 4.69) is 10.4 Å². The molecule has 0 amide bonds. The Morgan fingerprint density at radius 1 is 1.17 bits per heavy atom. The number of para-hydroxylation sites is 1. The standard InChI is InChI=1S/C12H20O4Si.CH5BN2O3/c1-5-12(17(13-2,14-3)15-4)16-11-9-7-6-8-10-11;3-1(4)7-2(5)6/h6-10,12H,5H2,1-4H3;5-6H,(H3,3,4). The number of amidine groups is 1. The van der Waals surface area contributed by atoms with E-state index in [9.17, 15) is 0 Å². The summed E-state index contributed by atoms with van der Waals surface area (Å²) in [6.45, 7) is 2.02. The molecular weight excluding hydrogens is 335 g/mol. The molecule has 0 heterocycles. The highest BCUT2D eigenvalue weighted by Gasteiger charge is 2.48. The van der Waals surface area contributed by atoms with Crippen LogP contribution in [0.5, 0.6) is 5.75 Å². The van der Waals surface area contributed by atoms with E-state index in [1.807, 2.05) is 37.3 Å². The molecule has 1 aromatic carbocycles. The number of benzene rings is 1. The van der Waals surface area contributed by atoms with Crippen LogP contribution in [0.25, 0.3) is 0 Å². The van der Waals surface area contributed by atoms with Crippen LogP contribution < -0.4 is 10.5 Å². The third-order valence-electron chi connectivity index (χ3n) is 2.87. The number of nitrogens with one attached hydrogen (secondary N) is 1. The zero-order valence-electron chi connectivity index (χ0n) is 14.3. The Labute approximate surface area is 143 Å². The maximum atomic E-state index is 7.84. The third-order valence-corrected chi connectivity index (χ3v) is 5.89. The van der Waals surface area contributed by atoms with Gasteiger partial charge in [0.15, 0.2) is 5.73 Å². The first-order valence-corrected chi connectivity index (χ1v) is 8.89. The van der Waals surface area contributed by atoms with Crippen LogP contribution in [0, 0.1) is 5.41 Å². The molecule has 0 bridgehead atoms. The molecule has 11 heteroatoms. The summed E-state index contributed by atoms with van der Waals surface area (Å²) in [5, 5.41) is 21.9. The van der Waals surface area contributed by atoms with E-state index >= 15 is 0 Å². The highest BCUT2D eigenvalue weighted by Crippen LogP contribution is 2.21. The fourth-order valence-corrected chi connectivity index (χ4v) is 3.90. The van der Waals surface area contributed by atoms with Gasteiger partial charge in [0.1, 0.15) is 5.75 Å². The second-order valence-electron chi connectivity index (χ2n) is 4.35. The van der Waals surface area contributed by atoms with Gasteiger partial charge in [-0.3, -0.25) is 5.41 Å². The highest BCUT2D eigenvalue weighted by molar-refractivity contribution is 6.62. The van der Waals surface area contributed by atoms with E-state index in [0.717, 1.165) is 12.2 Å². The van der Waals surface area contributed by atoms with Crippen molar-refractivity contribution in [2.75, 3.05) is 21.3 Å². The lowest BCUT2D eigenvalue weighted by Crippen LogP contribution is -2.56. The predicted octanol–water partition coefficient (Wildman–Crippen LogP) is 0.127. The quantitative estimate of drug-likeness (QED) is 0.292. The summed E-state index contributed by atoms with van der Waals surface area (Å²) in [6, 6.07) is 8.90. The van der Waals surface area contributed by atoms with Crippen molar-refractivity contribution >= 4 is 22.1 Å². The Bertz CT molecular complexity index is 455. The van der Waals surface area contributed by atoms with E-state index in [4.69, 9.17) is 33.5 Å². The van der Waals surface area contributed by atoms with Gasteiger partial charge >= 0.3 is 16.1 Å². The summed E-state index contributed by atoms with van der Waals surface area (Å²) in [6.07, 6.45) is 0.761. The van der Waals surface area contributed by atoms with Crippen LogP contribution in [-0.4, -0.2) is 59.3 Å². The molecule has 9 nitrogen and oxygen atoms in total. The van der Waals surface area contributed by atoms with Crippen molar-refractivity contribution in [2.24, 2.45) is 5.73 Å². The fraction of sp³-hybridized carbons (Fsp3) is 0.462. The average molecular weight is 360 g/mol. The van der Waals surface area contributed by atoms with E-state index in [1.54, 1.807) is 21.3 Å². The Morgan fingerprint density at radius 2 is 1.67 bits per heavy atom. The molecule has 136 valence electrons. The molecular formula is C13H25BN2O7Si. The molecule has 0 aliphatic rings. The van der Waals surface area contributed by atoms with Crippen molar-refractivity contribution in [2.45, 2.75) is 19.1 Å². The number of ether oxygens (including phenoxy) is 1. The maximum absolute atomic E-state index is 7.84. The maximum Gasteiger partial charge on any atom is 0.709 e. The second-order valence-corrected chi connectivity index (χ2v) is 7.43. The van der Waals surface area contributed by atoms with Gasteiger partial charge in [-0.05, 0) is 18.6 Å². The lowest BCUT2D eigenvalue weighted by molar-refractivity contribution is 0.0666. The number of hydrogen-bond donors (Lipinski definition) is 4. The smallest absolute Gasteiger partial charge is 0.486 e. The van der Waals surface area contributed by atoms with Crippen LogP contribution in [0.2, 0.25) is 0 Å². The summed E-state index contributed by atoms with van der Waals surface area (Å²) in [5.41, 5.74) is 4.33. The minimum absolute atomic E-state index is 0.204. The molecule has 5 N–H and O–H groups in total. The molecule has 1 aromatic rings. The van der Waals surface area contributed by atoms with Crippen molar-refractivity contribution in [1.82, 2.24) is 0 Å². The van der Waals surface area contributed by atoms with Crippen molar-refractivity contribution in [3.63, 3.8) is 0 Å². The van der Waals surface area contributed by atoms with Crippen LogP contribution in [0.1, 0.15) is 13.3 Å². The Morgan fingerprint density at radius 3 is 1.96 bits per heavy atom. The summed E-state index contributed by atoms with van der Waals surface area (Å²) in [4.78, 5) is 0. The molecule has 1 rings (SSSR count). The van der Waals surface area contributed by atoms with Crippen LogP contribution in [0.15, 0.2) is 30.3 Å². The molecule has 24 heavy (non-hydrogen) atoms. The van der Waals surface area contributed by atoms with E-state index < -0.39 is 22.1 Å². The summed E-state index contributed by atoms with van der Waals surface area (Å²) in [7, 11) is 0.0541. The predicted molar refractivity (Wildman–Crippen MR) is 91.1 cm³/mol. The minimum atomic E-state index is -2.75. The van der Waals surface area contributed by atoms with Crippen molar-refractivity contribution < 1.29 is 32.7 Å². The average Bonchev–Trinajstić information content (AvgIpc) is 2.56. The minimum Gasteiger partial charge on any atom is -0.486 e. The lowest BCUT2D eigenvalue weighted by Gasteiger charge is -2.31. The molecule has 0 saturated heterocycles. The van der Waals surface area contributed by atoms with E-state index in [1.165, 1.54) is 0 Å². The van der Waals surface area contributed by atoms with Crippen molar-refractivity contribution in [3.05, 3.63) is 30.3 Å². The first-order valence-electron chi connectivity index (χ1n) is 7.09. The van der Waals surface area contributed by atoms with E-state index in [-0.39, 0.29) is 5.73 Å². The van der Waals surface area contributed by atoms with Gasteiger partial charge in [0.05, 0.1) is 0 Å². The van der Waals surface area contributed by atoms with Crippen molar-refractivity contribution in [3.8, 4) is 5.75 Å². The first kappa shape index (κ1) is 22.4. The number of hydrogen-bond acceptors (Lipinski definition) is 8. The topological polar surface area (TPSA) is 136 Å². The van der Waals surface area contributed by atoms with Crippen LogP contribution in [-0.2, 0) is 17.9 Å². The summed E-state index contributed by atoms with van der Waals surface area (Å²) >= 11 is 0. The van der Waals surface area contributed by atoms with Crippen LogP contribution in [0.4, 0.5) is 0 Å². The molecule has 0 aliphatic carbocycles. The molecule has 0 saturated carbocycles. The highest BCUT2D eigenvalue weighted by atomic mass is 28.4. The van der Waals surface area contributed by atoms with Gasteiger partial charge in [-0.2, -0.15) is 0 Å². The van der Waals surface area contributed by atoms with Gasteiger partial charge in [0.2, 0.25) is 0 Å². The molecule has 0 aliphatic heterocycles. The van der Waals surface area contributed by atoms with Gasteiger partial charge in [-0.25, -0.2) is 0 Å². The molecule has 1 atom stereocenters. The molecule has 0 aromatic heterocycles. The largest absolute Gasteiger partial charge is 0.709 e. The normalized spacial score (nSPS) is 11.8. The first-order chi connectivity index (χ1) is 11.3. The zero-order valence-corrected chi connectivity index (χ0v) is 15.3. The fourth-order valence-electron chi connectivity index (χ4n) is 1.83. The molecule has 0 spiro atoms. The second kappa shape index (κ2) is 11.8. The Hall–Kier alpha value is -1.63. The van der Waals surface area contributed by atoms with Gasteiger partial charge in [0.25, 0.3) is 6.02 Å². The Balaban J connectivity index is 0.000000640. The SMILES string of the molecule is CCC(Oc1ccccc1)[Si](OC)(OC)OC.N=C(N)OB(O)O. The third kappa shape index (κ3) is 7.77. The Kier molecular flexibility index (Phi) is 11.0. The number of rotatable bonds is 8. The molecule has 0 fully saturated rings. The van der Waals surface area contributed by atoms with Gasteiger partial charge in [-0.1, -0.05) is 25.1 Å². The van der Waals surface area contributed by atoms with Gasteiger partial charge in [0, 0.05) is 21.3 Å². The van der Waals surface area contributed by atoms with Crippen molar-refractivity contribution in [1.29, 1.82) is 5.41 Å². The monoisotopic (exact) mass is 360 g/mol. The summed E-state index contributed by atoms with van der Waals surface area (Å²) in [5.74, 6) is 0.794.